The van der Waals surface area contributed by atoms with Crippen LogP contribution in [-0.4, -0.2) is 10.5 Å². The normalized spacial score (nSPS) is 12.2. The third-order valence-electron chi connectivity index (χ3n) is 2.98. The number of fused-ring (bicyclic) bond motifs is 1. The Labute approximate surface area is 122 Å². The maximum absolute atomic E-state index is 5.84. The number of para-hydroxylation sites is 1. The molecular weight excluding hydrogens is 268 g/mol. The molecule has 20 heavy (non-hydrogen) atoms. The molecule has 0 saturated heterocycles. The van der Waals surface area contributed by atoms with Crippen molar-refractivity contribution in [3.05, 3.63) is 41.4 Å². The number of nitrogens with one attached hydrogen (secondary N) is 1. The Kier molecular flexibility index (Phi) is 3.36. The van der Waals surface area contributed by atoms with Crippen molar-refractivity contribution in [3.8, 4) is 10.8 Å². The van der Waals surface area contributed by atoms with E-state index in [-0.39, 0.29) is 5.54 Å². The number of benzene rings is 1. The molecule has 2 heterocycles. The van der Waals surface area contributed by atoms with Gasteiger partial charge in [0.05, 0.1) is 0 Å². The second-order valence-electron chi connectivity index (χ2n) is 5.88. The molecule has 0 aliphatic heterocycles. The molecule has 0 bridgehead atoms. The minimum Gasteiger partial charge on any atom is -0.454 e. The van der Waals surface area contributed by atoms with Gasteiger partial charge in [-0.2, -0.15) is 0 Å². The Morgan fingerprint density at radius 1 is 1.25 bits per heavy atom. The molecule has 0 radical (unpaired) electrons. The molecule has 3 rings (SSSR count). The molecule has 0 aliphatic rings. The van der Waals surface area contributed by atoms with E-state index in [0.29, 0.717) is 0 Å². The highest BCUT2D eigenvalue weighted by Gasteiger charge is 2.12. The van der Waals surface area contributed by atoms with E-state index in [0.717, 1.165) is 28.3 Å². The Morgan fingerprint density at radius 3 is 2.80 bits per heavy atom. The average Bonchev–Trinajstić information content (AvgIpc) is 3.01. The van der Waals surface area contributed by atoms with Crippen LogP contribution in [0.5, 0.6) is 0 Å². The maximum atomic E-state index is 5.84. The molecule has 0 saturated carbocycles. The molecular formula is C16H18N2OS. The monoisotopic (exact) mass is 286 g/mol. The highest BCUT2D eigenvalue weighted by molar-refractivity contribution is 7.14. The Balaban J connectivity index is 1.82. The minimum absolute atomic E-state index is 0.115. The second-order valence-corrected chi connectivity index (χ2v) is 7.00. The van der Waals surface area contributed by atoms with Crippen molar-refractivity contribution in [3.63, 3.8) is 0 Å². The van der Waals surface area contributed by atoms with E-state index < -0.39 is 0 Å². The summed E-state index contributed by atoms with van der Waals surface area (Å²) in [5.41, 5.74) is 1.02. The van der Waals surface area contributed by atoms with Gasteiger partial charge in [-0.15, -0.1) is 11.3 Å². The predicted molar refractivity (Wildman–Crippen MR) is 83.9 cm³/mol. The van der Waals surface area contributed by atoms with Crippen molar-refractivity contribution in [1.29, 1.82) is 0 Å². The zero-order chi connectivity index (χ0) is 14.2. The molecule has 2 aromatic heterocycles. The highest BCUT2D eigenvalue weighted by atomic mass is 32.1. The molecule has 0 atom stereocenters. The van der Waals surface area contributed by atoms with Crippen LogP contribution in [0.25, 0.3) is 21.7 Å². The fraction of sp³-hybridized carbons (Fsp3) is 0.312. The molecule has 0 amide bonds. The van der Waals surface area contributed by atoms with Gasteiger partial charge in [-0.1, -0.05) is 18.2 Å². The number of furan rings is 1. The summed E-state index contributed by atoms with van der Waals surface area (Å²) in [6, 6.07) is 10.1. The summed E-state index contributed by atoms with van der Waals surface area (Å²) in [5.74, 6) is 0.846. The topological polar surface area (TPSA) is 38.1 Å². The molecule has 1 aromatic carbocycles. The standard InChI is InChI=1S/C16H18N2OS/c1-16(2,3)18-10-12-9-17-15(20-12)14-8-11-6-4-5-7-13(11)19-14/h4-9,18H,10H2,1-3H3. The van der Waals surface area contributed by atoms with Crippen molar-refractivity contribution in [2.24, 2.45) is 0 Å². The third kappa shape index (κ3) is 2.92. The summed E-state index contributed by atoms with van der Waals surface area (Å²) < 4.78 is 5.84. The van der Waals surface area contributed by atoms with Gasteiger partial charge in [-0.3, -0.25) is 0 Å². The zero-order valence-electron chi connectivity index (χ0n) is 11.9. The van der Waals surface area contributed by atoms with Gasteiger partial charge in [0, 0.05) is 28.5 Å². The van der Waals surface area contributed by atoms with Crippen LogP contribution < -0.4 is 5.32 Å². The molecule has 3 nitrogen and oxygen atoms in total. The minimum atomic E-state index is 0.115. The van der Waals surface area contributed by atoms with E-state index in [9.17, 15) is 0 Å². The largest absolute Gasteiger partial charge is 0.454 e. The molecule has 0 unspecified atom stereocenters. The summed E-state index contributed by atoms with van der Waals surface area (Å²) in [4.78, 5) is 5.69. The molecule has 104 valence electrons. The van der Waals surface area contributed by atoms with Gasteiger partial charge in [0.1, 0.15) is 5.58 Å². The van der Waals surface area contributed by atoms with Crippen LogP contribution in [0.2, 0.25) is 0 Å². The van der Waals surface area contributed by atoms with Gasteiger partial charge in [0.2, 0.25) is 0 Å². The smallest absolute Gasteiger partial charge is 0.164 e. The van der Waals surface area contributed by atoms with E-state index in [1.54, 1.807) is 11.3 Å². The number of hydrogen-bond donors (Lipinski definition) is 1. The van der Waals surface area contributed by atoms with Gasteiger partial charge in [0.15, 0.2) is 10.8 Å². The van der Waals surface area contributed by atoms with E-state index >= 15 is 0 Å². The number of rotatable bonds is 3. The van der Waals surface area contributed by atoms with Gasteiger partial charge >= 0.3 is 0 Å². The summed E-state index contributed by atoms with van der Waals surface area (Å²) in [5, 5.41) is 5.52. The lowest BCUT2D eigenvalue weighted by atomic mass is 10.1. The molecule has 0 aliphatic carbocycles. The first kappa shape index (κ1) is 13.3. The zero-order valence-corrected chi connectivity index (χ0v) is 12.8. The van der Waals surface area contributed by atoms with Crippen LogP contribution in [0, 0.1) is 0 Å². The van der Waals surface area contributed by atoms with Crippen molar-refractivity contribution in [2.75, 3.05) is 0 Å². The van der Waals surface area contributed by atoms with Crippen LogP contribution in [0.15, 0.2) is 40.9 Å². The third-order valence-corrected chi connectivity index (χ3v) is 3.99. The van der Waals surface area contributed by atoms with Crippen molar-refractivity contribution in [2.45, 2.75) is 32.9 Å². The lowest BCUT2D eigenvalue weighted by Gasteiger charge is -2.19. The van der Waals surface area contributed by atoms with Crippen molar-refractivity contribution >= 4 is 22.3 Å². The van der Waals surface area contributed by atoms with Crippen LogP contribution in [0.3, 0.4) is 0 Å². The first-order valence-electron chi connectivity index (χ1n) is 6.70. The van der Waals surface area contributed by atoms with Gasteiger partial charge in [-0.25, -0.2) is 4.98 Å². The number of thiazole rings is 1. The molecule has 1 N–H and O–H groups in total. The maximum Gasteiger partial charge on any atom is 0.164 e. The fourth-order valence-electron chi connectivity index (χ4n) is 1.94. The second kappa shape index (κ2) is 5.04. The Morgan fingerprint density at radius 2 is 2.05 bits per heavy atom. The summed E-state index contributed by atoms with van der Waals surface area (Å²) >= 11 is 1.67. The lowest BCUT2D eigenvalue weighted by Crippen LogP contribution is -2.34. The predicted octanol–water partition coefficient (Wildman–Crippen LogP) is 4.44. The number of nitrogens with zero attached hydrogens (tertiary/aromatic N) is 1. The van der Waals surface area contributed by atoms with Crippen molar-refractivity contribution < 1.29 is 4.42 Å². The van der Waals surface area contributed by atoms with Crippen LogP contribution in [0.4, 0.5) is 0 Å². The van der Waals surface area contributed by atoms with E-state index in [2.05, 4.69) is 43.2 Å². The molecule has 0 spiro atoms. The quantitative estimate of drug-likeness (QED) is 0.773. The van der Waals surface area contributed by atoms with Gasteiger partial charge in [-0.05, 0) is 32.9 Å². The van der Waals surface area contributed by atoms with Crippen LogP contribution >= 0.6 is 11.3 Å². The highest BCUT2D eigenvalue weighted by Crippen LogP contribution is 2.30. The van der Waals surface area contributed by atoms with Gasteiger partial charge in [0.25, 0.3) is 0 Å². The van der Waals surface area contributed by atoms with E-state index in [4.69, 9.17) is 4.42 Å². The summed E-state index contributed by atoms with van der Waals surface area (Å²) in [7, 11) is 0. The van der Waals surface area contributed by atoms with Crippen molar-refractivity contribution in [1.82, 2.24) is 10.3 Å². The van der Waals surface area contributed by atoms with Crippen LogP contribution in [-0.2, 0) is 6.54 Å². The van der Waals surface area contributed by atoms with E-state index in [1.165, 1.54) is 4.88 Å². The van der Waals surface area contributed by atoms with Crippen LogP contribution in [0.1, 0.15) is 25.6 Å². The summed E-state index contributed by atoms with van der Waals surface area (Å²) in [6.45, 7) is 7.32. The Hall–Kier alpha value is -1.65. The number of hydrogen-bond acceptors (Lipinski definition) is 4. The first-order valence-corrected chi connectivity index (χ1v) is 7.52. The number of aromatic nitrogens is 1. The first-order chi connectivity index (χ1) is 9.51. The SMILES string of the molecule is CC(C)(C)NCc1cnc(-c2cc3ccccc3o2)s1. The van der Waals surface area contributed by atoms with Gasteiger partial charge < -0.3 is 9.73 Å². The summed E-state index contributed by atoms with van der Waals surface area (Å²) in [6.07, 6.45) is 1.92. The molecule has 4 heteroatoms. The average molecular weight is 286 g/mol. The molecule has 3 aromatic rings. The van der Waals surface area contributed by atoms with E-state index in [1.807, 2.05) is 24.4 Å². The Bertz CT molecular complexity index is 688. The fourth-order valence-corrected chi connectivity index (χ4v) is 2.75. The lowest BCUT2D eigenvalue weighted by molar-refractivity contribution is 0.426. The molecule has 0 fully saturated rings.